The van der Waals surface area contributed by atoms with E-state index in [1.54, 1.807) is 12.3 Å². The molecule has 1 amide bonds. The summed E-state index contributed by atoms with van der Waals surface area (Å²) in [6.07, 6.45) is 6.12. The molecule has 1 saturated carbocycles. The fourth-order valence-corrected chi connectivity index (χ4v) is 6.50. The number of ether oxygens (including phenoxy) is 1. The smallest absolute Gasteiger partial charge is 0.311 e. The number of hydrogen-bond donors (Lipinski definition) is 2. The summed E-state index contributed by atoms with van der Waals surface area (Å²) >= 11 is 0. The number of carboxylic acid groups (broad SMARTS) is 1. The molecule has 1 aliphatic rings. The highest BCUT2D eigenvalue weighted by Crippen LogP contribution is 2.43. The predicted molar refractivity (Wildman–Crippen MR) is 159 cm³/mol. The van der Waals surface area contributed by atoms with Crippen molar-refractivity contribution in [3.63, 3.8) is 0 Å². The average Bonchev–Trinajstić information content (AvgIpc) is 3.19. The number of aryl methyl sites for hydroxylation is 2. The van der Waals surface area contributed by atoms with Crippen molar-refractivity contribution in [1.29, 1.82) is 0 Å². The van der Waals surface area contributed by atoms with Gasteiger partial charge in [0.1, 0.15) is 11.4 Å². The molecule has 2 aromatic heterocycles. The number of hydrogen-bond acceptors (Lipinski definition) is 6. The van der Waals surface area contributed by atoms with Crippen molar-refractivity contribution >= 4 is 50.4 Å². The minimum Gasteiger partial charge on any atom is -0.481 e. The second-order valence-electron chi connectivity index (χ2n) is 11.7. The molecule has 0 aliphatic heterocycles. The molecule has 2 N–H and O–H groups in total. The van der Waals surface area contributed by atoms with Gasteiger partial charge in [0.15, 0.2) is 0 Å². The Bertz CT molecular complexity index is 1650. The molecule has 9 heteroatoms. The minimum atomic E-state index is -0.875. The number of aromatic nitrogens is 2. The summed E-state index contributed by atoms with van der Waals surface area (Å²) in [5.74, 6) is -1.08. The maximum Gasteiger partial charge on any atom is 0.311 e. The van der Waals surface area contributed by atoms with E-state index >= 15 is 0 Å². The van der Waals surface area contributed by atoms with Gasteiger partial charge in [-0.1, -0.05) is 19.3 Å². The molecule has 2 aromatic carbocycles. The Labute approximate surface area is 239 Å². The number of nitrogens with one attached hydrogen (secondary N) is 1. The molecule has 2 heterocycles. The van der Waals surface area contributed by atoms with Crippen molar-refractivity contribution in [3.05, 3.63) is 47.8 Å². The van der Waals surface area contributed by atoms with E-state index in [2.05, 4.69) is 14.9 Å². The van der Waals surface area contributed by atoms with E-state index in [1.165, 1.54) is 0 Å². The van der Waals surface area contributed by atoms with E-state index in [0.717, 1.165) is 76.8 Å². The zero-order valence-electron chi connectivity index (χ0n) is 24.2. The summed E-state index contributed by atoms with van der Waals surface area (Å²) in [6, 6.07) is 9.51. The monoisotopic (exact) mass is 558 g/mol. The first-order valence-corrected chi connectivity index (χ1v) is 14.2. The van der Waals surface area contributed by atoms with Crippen LogP contribution in [0.2, 0.25) is 0 Å². The predicted octanol–water partition coefficient (Wildman–Crippen LogP) is 5.20. The van der Waals surface area contributed by atoms with Crippen LogP contribution >= 0.6 is 0 Å². The lowest BCUT2D eigenvalue weighted by Gasteiger charge is -2.35. The van der Waals surface area contributed by atoms with Gasteiger partial charge in [-0.15, -0.1) is 0 Å². The zero-order valence-corrected chi connectivity index (χ0v) is 24.2. The normalized spacial score (nSPS) is 15.0. The van der Waals surface area contributed by atoms with Crippen molar-refractivity contribution in [1.82, 2.24) is 19.8 Å². The fourth-order valence-electron chi connectivity index (χ4n) is 6.50. The number of benzene rings is 2. The molecular weight excluding hydrogens is 520 g/mol. The van der Waals surface area contributed by atoms with Crippen molar-refractivity contribution in [2.24, 2.45) is 12.5 Å². The molecule has 216 valence electrons. The van der Waals surface area contributed by atoms with Crippen molar-refractivity contribution < 1.29 is 24.2 Å². The molecule has 5 rings (SSSR count). The summed E-state index contributed by atoms with van der Waals surface area (Å²) in [4.78, 5) is 44.2. The van der Waals surface area contributed by atoms with E-state index in [0.29, 0.717) is 18.0 Å². The topological polar surface area (TPSA) is 114 Å². The highest BCUT2D eigenvalue weighted by molar-refractivity contribution is 6.17. The number of aliphatic carboxylic acids is 1. The van der Waals surface area contributed by atoms with Crippen molar-refractivity contribution in [2.75, 3.05) is 27.2 Å². The molecule has 0 atom stereocenters. The van der Waals surface area contributed by atoms with Gasteiger partial charge in [0.25, 0.3) is 5.91 Å². The van der Waals surface area contributed by atoms with Crippen LogP contribution < -0.4 is 10.1 Å². The molecule has 0 unspecified atom stereocenters. The maximum atomic E-state index is 13.1. The van der Waals surface area contributed by atoms with Gasteiger partial charge in [-0.3, -0.25) is 19.4 Å². The number of carboxylic acids is 1. The molecule has 1 fully saturated rings. The van der Waals surface area contributed by atoms with Gasteiger partial charge in [-0.05, 0) is 80.6 Å². The van der Waals surface area contributed by atoms with Crippen LogP contribution in [0.1, 0.15) is 61.0 Å². The van der Waals surface area contributed by atoms with Crippen LogP contribution in [0.5, 0.6) is 5.75 Å². The Kier molecular flexibility index (Phi) is 8.00. The number of carbonyl (C=O) groups excluding carboxylic acids is 2. The minimum absolute atomic E-state index is 0.0180. The van der Waals surface area contributed by atoms with E-state index in [9.17, 15) is 19.5 Å². The maximum absolute atomic E-state index is 13.1. The number of fused-ring (bicyclic) bond motifs is 4. The lowest BCUT2D eigenvalue weighted by molar-refractivity contribution is -0.143. The summed E-state index contributed by atoms with van der Waals surface area (Å²) in [7, 11) is 5.92. The summed E-state index contributed by atoms with van der Waals surface area (Å²) < 4.78 is 7.93. The third-order valence-electron chi connectivity index (χ3n) is 8.50. The fraction of sp³-hybridized carbons (Fsp3) is 0.438. The van der Waals surface area contributed by atoms with Crippen molar-refractivity contribution in [3.8, 4) is 5.75 Å². The van der Waals surface area contributed by atoms with E-state index < -0.39 is 17.4 Å². The molecule has 41 heavy (non-hydrogen) atoms. The second-order valence-corrected chi connectivity index (χ2v) is 11.7. The molecule has 9 nitrogen and oxygen atoms in total. The van der Waals surface area contributed by atoms with Crippen LogP contribution in [-0.2, 0) is 16.6 Å². The van der Waals surface area contributed by atoms with Gasteiger partial charge in [-0.25, -0.2) is 0 Å². The number of rotatable bonds is 9. The third-order valence-corrected chi connectivity index (χ3v) is 8.50. The zero-order chi connectivity index (χ0) is 29.3. The van der Waals surface area contributed by atoms with Crippen LogP contribution in [0, 0.1) is 12.3 Å². The van der Waals surface area contributed by atoms with Crippen LogP contribution in [-0.4, -0.2) is 64.6 Å². The lowest BCUT2D eigenvalue weighted by Crippen LogP contribution is -2.31. The molecule has 0 spiro atoms. The number of likely N-dealkylation sites (N-methyl/N-ethyl adjacent to an activating group) is 1. The Morgan fingerprint density at radius 3 is 2.49 bits per heavy atom. The van der Waals surface area contributed by atoms with Gasteiger partial charge in [0.05, 0.1) is 18.4 Å². The quantitative estimate of drug-likeness (QED) is 0.214. The first-order valence-electron chi connectivity index (χ1n) is 14.2. The number of pyridine rings is 1. The molecule has 0 saturated heterocycles. The number of amides is 1. The van der Waals surface area contributed by atoms with Gasteiger partial charge in [-0.2, -0.15) is 0 Å². The van der Waals surface area contributed by atoms with Crippen molar-refractivity contribution in [2.45, 2.75) is 51.9 Å². The highest BCUT2D eigenvalue weighted by Gasteiger charge is 2.37. The Morgan fingerprint density at radius 2 is 1.78 bits per heavy atom. The van der Waals surface area contributed by atoms with Crippen LogP contribution in [0.4, 0.5) is 0 Å². The first kappa shape index (κ1) is 28.5. The first-order chi connectivity index (χ1) is 19.6. The Balaban J connectivity index is 1.50. The highest BCUT2D eigenvalue weighted by atomic mass is 16.5. The SMILES string of the molecule is Cc1c2ccnc(C(=O)NCCN(C)C)c2cc2c3cc(OC(=O)CC4(CC(=O)O)CCCCC4)ccc3n(C)c12. The summed E-state index contributed by atoms with van der Waals surface area (Å²) in [5, 5.41) is 16.0. The third kappa shape index (κ3) is 5.77. The standard InChI is InChI=1S/C32H38N4O5/c1-20-22-10-13-33-29(31(40)34-14-15-35(2)3)24(22)17-25-23-16-21(8-9-26(23)36(4)30(20)25)41-28(39)19-32(18-27(37)38)11-6-5-7-12-32/h8-10,13,16-17H,5-7,11-12,14-15,18-19H2,1-4H3,(H,34,40)(H,37,38). The summed E-state index contributed by atoms with van der Waals surface area (Å²) in [5.41, 5.74) is 2.87. The van der Waals surface area contributed by atoms with E-state index in [4.69, 9.17) is 4.74 Å². The average molecular weight is 559 g/mol. The number of nitrogens with zero attached hydrogens (tertiary/aromatic N) is 3. The Hall–Kier alpha value is -3.98. The summed E-state index contributed by atoms with van der Waals surface area (Å²) in [6.45, 7) is 3.29. The van der Waals surface area contributed by atoms with Crippen LogP contribution in [0.15, 0.2) is 36.5 Å². The Morgan fingerprint density at radius 1 is 1.02 bits per heavy atom. The van der Waals surface area contributed by atoms with E-state index in [1.807, 2.05) is 57.2 Å². The molecule has 1 aliphatic carbocycles. The lowest BCUT2D eigenvalue weighted by atomic mass is 9.70. The number of esters is 1. The molecule has 4 aromatic rings. The van der Waals surface area contributed by atoms with Gasteiger partial charge < -0.3 is 24.6 Å². The largest absolute Gasteiger partial charge is 0.481 e. The van der Waals surface area contributed by atoms with Crippen LogP contribution in [0.3, 0.4) is 0 Å². The van der Waals surface area contributed by atoms with E-state index in [-0.39, 0.29) is 18.7 Å². The molecular formula is C32H38N4O5. The van der Waals surface area contributed by atoms with Gasteiger partial charge >= 0.3 is 11.9 Å². The number of carbonyl (C=O) groups is 3. The van der Waals surface area contributed by atoms with Gasteiger partial charge in [0.2, 0.25) is 0 Å². The molecule has 0 radical (unpaired) electrons. The molecule has 0 bridgehead atoms. The second kappa shape index (κ2) is 11.5. The van der Waals surface area contributed by atoms with Gasteiger partial charge in [0, 0.05) is 48.0 Å². The van der Waals surface area contributed by atoms with Crippen LogP contribution in [0.25, 0.3) is 32.6 Å².